The van der Waals surface area contributed by atoms with Gasteiger partial charge < -0.3 is 5.11 Å². The van der Waals surface area contributed by atoms with Crippen molar-refractivity contribution in [3.63, 3.8) is 0 Å². The van der Waals surface area contributed by atoms with E-state index in [9.17, 15) is 5.11 Å². The van der Waals surface area contributed by atoms with E-state index >= 15 is 0 Å². The van der Waals surface area contributed by atoms with Gasteiger partial charge in [0.15, 0.2) is 0 Å². The van der Waals surface area contributed by atoms with Gasteiger partial charge in [-0.3, -0.25) is 4.68 Å². The van der Waals surface area contributed by atoms with Crippen LogP contribution in [0.4, 0.5) is 0 Å². The summed E-state index contributed by atoms with van der Waals surface area (Å²) in [6.07, 6.45) is 1.12. The zero-order valence-electron chi connectivity index (χ0n) is 10.1. The molecule has 18 heavy (non-hydrogen) atoms. The number of rotatable bonds is 3. The number of thiophene rings is 1. The predicted molar refractivity (Wildman–Crippen MR) is 73.8 cm³/mol. The molecule has 1 N–H and O–H groups in total. The Balaban J connectivity index is 2.09. The normalized spacial score (nSPS) is 13.0. The Hall–Kier alpha value is -1.65. The van der Waals surface area contributed by atoms with Crippen molar-refractivity contribution in [2.24, 2.45) is 0 Å². The van der Waals surface area contributed by atoms with Crippen LogP contribution in [0, 0.1) is 0 Å². The van der Waals surface area contributed by atoms with Crippen LogP contribution in [0.5, 0.6) is 0 Å². The molecule has 4 heteroatoms. The number of hydrogen-bond donors (Lipinski definition) is 1. The van der Waals surface area contributed by atoms with E-state index in [2.05, 4.69) is 17.2 Å². The van der Waals surface area contributed by atoms with Gasteiger partial charge in [-0.15, -0.1) is 11.3 Å². The quantitative estimate of drug-likeness (QED) is 0.783. The first kappa shape index (κ1) is 11.4. The number of nitrogens with zero attached hydrogens (tertiary/aromatic N) is 2. The standard InChI is InChI=1S/C14H14N2OS/c1-2-16-12(7-8-15-16)14(17)11-9-18-13-6-4-3-5-10(11)13/h3-9,14,17H,2H2,1H3. The van der Waals surface area contributed by atoms with Crippen LogP contribution in [0.1, 0.15) is 24.3 Å². The van der Waals surface area contributed by atoms with E-state index in [1.54, 1.807) is 17.5 Å². The van der Waals surface area contributed by atoms with E-state index in [-0.39, 0.29) is 0 Å². The van der Waals surface area contributed by atoms with Crippen molar-refractivity contribution in [1.82, 2.24) is 9.78 Å². The topological polar surface area (TPSA) is 38.0 Å². The van der Waals surface area contributed by atoms with E-state index in [4.69, 9.17) is 0 Å². The molecule has 92 valence electrons. The summed E-state index contributed by atoms with van der Waals surface area (Å²) >= 11 is 1.66. The Morgan fingerprint density at radius 1 is 1.33 bits per heavy atom. The molecule has 0 aliphatic heterocycles. The third-order valence-corrected chi connectivity index (χ3v) is 4.12. The summed E-state index contributed by atoms with van der Waals surface area (Å²) in [5.41, 5.74) is 1.81. The van der Waals surface area contributed by atoms with E-state index in [0.717, 1.165) is 23.2 Å². The fourth-order valence-electron chi connectivity index (χ4n) is 2.21. The molecule has 0 saturated heterocycles. The zero-order chi connectivity index (χ0) is 12.5. The summed E-state index contributed by atoms with van der Waals surface area (Å²) < 4.78 is 3.03. The molecule has 3 nitrogen and oxygen atoms in total. The van der Waals surface area contributed by atoms with Crippen LogP contribution in [0.2, 0.25) is 0 Å². The van der Waals surface area contributed by atoms with Crippen molar-refractivity contribution in [3.8, 4) is 0 Å². The summed E-state index contributed by atoms with van der Waals surface area (Å²) in [5.74, 6) is 0. The van der Waals surface area contributed by atoms with Gasteiger partial charge in [0.25, 0.3) is 0 Å². The fraction of sp³-hybridized carbons (Fsp3) is 0.214. The SMILES string of the molecule is CCn1nccc1C(O)c1csc2ccccc12. The lowest BCUT2D eigenvalue weighted by molar-refractivity contribution is 0.210. The average molecular weight is 258 g/mol. The molecule has 2 aromatic heterocycles. The molecule has 0 amide bonds. The molecule has 1 unspecified atom stereocenters. The third-order valence-electron chi connectivity index (χ3n) is 3.13. The highest BCUT2D eigenvalue weighted by Crippen LogP contribution is 2.33. The molecular formula is C14H14N2OS. The van der Waals surface area contributed by atoms with Gasteiger partial charge in [0.1, 0.15) is 6.10 Å². The van der Waals surface area contributed by atoms with Crippen LogP contribution < -0.4 is 0 Å². The summed E-state index contributed by atoms with van der Waals surface area (Å²) in [4.78, 5) is 0. The molecule has 3 aromatic rings. The fourth-order valence-corrected chi connectivity index (χ4v) is 3.19. The number of hydrogen-bond acceptors (Lipinski definition) is 3. The molecule has 0 radical (unpaired) electrons. The summed E-state index contributed by atoms with van der Waals surface area (Å²) in [5, 5.41) is 17.9. The number of fused-ring (bicyclic) bond motifs is 1. The molecule has 0 bridgehead atoms. The Morgan fingerprint density at radius 3 is 3.00 bits per heavy atom. The van der Waals surface area contributed by atoms with Gasteiger partial charge in [-0.05, 0) is 29.8 Å². The highest BCUT2D eigenvalue weighted by Gasteiger charge is 2.18. The van der Waals surface area contributed by atoms with E-state index in [1.807, 2.05) is 35.2 Å². The maximum atomic E-state index is 10.5. The Labute approximate surface area is 109 Å². The van der Waals surface area contributed by atoms with Gasteiger partial charge in [-0.1, -0.05) is 18.2 Å². The molecule has 0 fully saturated rings. The number of aliphatic hydroxyl groups excluding tert-OH is 1. The van der Waals surface area contributed by atoms with Crippen molar-refractivity contribution in [3.05, 3.63) is 53.2 Å². The van der Waals surface area contributed by atoms with Crippen LogP contribution in [0.25, 0.3) is 10.1 Å². The first-order chi connectivity index (χ1) is 8.81. The zero-order valence-corrected chi connectivity index (χ0v) is 10.9. The number of aromatic nitrogens is 2. The molecule has 2 heterocycles. The largest absolute Gasteiger partial charge is 0.382 e. The second kappa shape index (κ2) is 4.55. The van der Waals surface area contributed by atoms with E-state index in [1.165, 1.54) is 4.70 Å². The second-order valence-electron chi connectivity index (χ2n) is 4.16. The van der Waals surface area contributed by atoms with Gasteiger partial charge in [-0.25, -0.2) is 0 Å². The van der Waals surface area contributed by atoms with Crippen molar-refractivity contribution >= 4 is 21.4 Å². The van der Waals surface area contributed by atoms with Crippen LogP contribution in [-0.4, -0.2) is 14.9 Å². The molecule has 1 aromatic carbocycles. The monoisotopic (exact) mass is 258 g/mol. The molecule has 0 aliphatic rings. The average Bonchev–Trinajstić information content (AvgIpc) is 3.04. The predicted octanol–water partition coefficient (Wildman–Crippen LogP) is 3.20. The minimum Gasteiger partial charge on any atom is -0.382 e. The van der Waals surface area contributed by atoms with Gasteiger partial charge in [0.05, 0.1) is 5.69 Å². The third kappa shape index (κ3) is 1.74. The highest BCUT2D eigenvalue weighted by atomic mass is 32.1. The minimum atomic E-state index is -0.608. The Morgan fingerprint density at radius 2 is 2.17 bits per heavy atom. The first-order valence-electron chi connectivity index (χ1n) is 5.97. The maximum absolute atomic E-state index is 10.5. The summed E-state index contributed by atoms with van der Waals surface area (Å²) in [6.45, 7) is 2.79. The van der Waals surface area contributed by atoms with Crippen molar-refractivity contribution in [2.45, 2.75) is 19.6 Å². The molecular weight excluding hydrogens is 244 g/mol. The second-order valence-corrected chi connectivity index (χ2v) is 5.07. The summed E-state index contributed by atoms with van der Waals surface area (Å²) in [7, 11) is 0. The summed E-state index contributed by atoms with van der Waals surface area (Å²) in [6, 6.07) is 10.0. The van der Waals surface area contributed by atoms with Crippen LogP contribution in [-0.2, 0) is 6.54 Å². The lowest BCUT2D eigenvalue weighted by atomic mass is 10.1. The Kier molecular flexibility index (Phi) is 2.89. The lowest BCUT2D eigenvalue weighted by Crippen LogP contribution is -2.08. The van der Waals surface area contributed by atoms with Crippen LogP contribution in [0.15, 0.2) is 41.9 Å². The van der Waals surface area contributed by atoms with Crippen molar-refractivity contribution in [2.75, 3.05) is 0 Å². The van der Waals surface area contributed by atoms with Crippen molar-refractivity contribution < 1.29 is 5.11 Å². The van der Waals surface area contributed by atoms with E-state index < -0.39 is 6.10 Å². The first-order valence-corrected chi connectivity index (χ1v) is 6.85. The van der Waals surface area contributed by atoms with Crippen molar-refractivity contribution in [1.29, 1.82) is 0 Å². The molecule has 0 saturated carbocycles. The molecule has 3 rings (SSSR count). The Bertz CT molecular complexity index is 671. The van der Waals surface area contributed by atoms with Crippen LogP contribution in [0.3, 0.4) is 0 Å². The number of benzene rings is 1. The molecule has 0 spiro atoms. The molecule has 0 aliphatic carbocycles. The van der Waals surface area contributed by atoms with Gasteiger partial charge in [-0.2, -0.15) is 5.10 Å². The maximum Gasteiger partial charge on any atom is 0.122 e. The van der Waals surface area contributed by atoms with Gasteiger partial charge in [0, 0.05) is 23.0 Å². The highest BCUT2D eigenvalue weighted by molar-refractivity contribution is 7.17. The molecule has 1 atom stereocenters. The smallest absolute Gasteiger partial charge is 0.122 e. The lowest BCUT2D eigenvalue weighted by Gasteiger charge is -2.11. The van der Waals surface area contributed by atoms with Crippen LogP contribution >= 0.6 is 11.3 Å². The van der Waals surface area contributed by atoms with E-state index in [0.29, 0.717) is 0 Å². The minimum absolute atomic E-state index is 0.608. The van der Waals surface area contributed by atoms with Gasteiger partial charge in [0.2, 0.25) is 0 Å². The number of aliphatic hydroxyl groups is 1. The number of aryl methyl sites for hydroxylation is 1. The van der Waals surface area contributed by atoms with Gasteiger partial charge >= 0.3 is 0 Å².